The van der Waals surface area contributed by atoms with Crippen LogP contribution in [0.25, 0.3) is 0 Å². The molecule has 0 aromatic heterocycles. The molecule has 0 saturated heterocycles. The Kier molecular flexibility index (Phi) is 16.4. The van der Waals surface area contributed by atoms with E-state index in [-0.39, 0.29) is 24.1 Å². The van der Waals surface area contributed by atoms with Gasteiger partial charge in [-0.2, -0.15) is 0 Å². The third kappa shape index (κ3) is 13.9. The minimum atomic E-state index is -0.946. The standard InChI is InChI=1S/C18H25N3O5.CH5N/c1-5-9-15(14(6-2)7-3)26-16(22)12-13(4)25-18(23)24-11-8-10-21-17(19)20;1-2/h5-7,9,12H,2-3,8,10-11H2,1,4H3,(H4,19,20,21);2H2,1H3/b9-5-,13-12+;. The van der Waals surface area contributed by atoms with Crippen molar-refractivity contribution in [1.29, 1.82) is 0 Å². The summed E-state index contributed by atoms with van der Waals surface area (Å²) in [7, 11) is 1.50. The number of hydrogen-bond acceptors (Lipinski definition) is 7. The van der Waals surface area contributed by atoms with Crippen molar-refractivity contribution in [1.82, 2.24) is 0 Å². The Balaban J connectivity index is 0. The zero-order valence-electron chi connectivity index (χ0n) is 16.6. The van der Waals surface area contributed by atoms with E-state index < -0.39 is 12.1 Å². The van der Waals surface area contributed by atoms with Crippen LogP contribution in [0, 0.1) is 0 Å². The van der Waals surface area contributed by atoms with Crippen molar-refractivity contribution < 1.29 is 23.8 Å². The van der Waals surface area contributed by atoms with Gasteiger partial charge in [-0.15, -0.1) is 0 Å². The van der Waals surface area contributed by atoms with Crippen LogP contribution in [0.5, 0.6) is 0 Å². The fourth-order valence-electron chi connectivity index (χ4n) is 1.55. The number of guanidine groups is 1. The summed E-state index contributed by atoms with van der Waals surface area (Å²) in [5.74, 6) is -0.471. The molecule has 0 aliphatic carbocycles. The first-order valence-corrected chi connectivity index (χ1v) is 8.33. The molecule has 0 heterocycles. The third-order valence-corrected chi connectivity index (χ3v) is 2.64. The molecule has 0 bridgehead atoms. The molecule has 0 radical (unpaired) electrons. The summed E-state index contributed by atoms with van der Waals surface area (Å²) in [5.41, 5.74) is 15.4. The predicted octanol–water partition coefficient (Wildman–Crippen LogP) is 2.03. The lowest BCUT2D eigenvalue weighted by Crippen LogP contribution is -2.23. The van der Waals surface area contributed by atoms with Crippen molar-refractivity contribution in [3.05, 3.63) is 60.6 Å². The zero-order valence-corrected chi connectivity index (χ0v) is 16.6. The molecule has 0 fully saturated rings. The second kappa shape index (κ2) is 17.1. The molecule has 6 N–H and O–H groups in total. The van der Waals surface area contributed by atoms with Gasteiger partial charge >= 0.3 is 12.1 Å². The summed E-state index contributed by atoms with van der Waals surface area (Å²) in [6.07, 6.45) is 6.80. The molecule has 0 amide bonds. The quantitative estimate of drug-likeness (QED) is 0.0967. The van der Waals surface area contributed by atoms with Crippen LogP contribution >= 0.6 is 0 Å². The lowest BCUT2D eigenvalue weighted by molar-refractivity contribution is -0.133. The summed E-state index contributed by atoms with van der Waals surface area (Å²) < 4.78 is 14.8. The minimum Gasteiger partial charge on any atom is -0.434 e. The molecular formula is C19H30N4O5. The Hall–Kier alpha value is -3.33. The number of hydrogen-bond donors (Lipinski definition) is 3. The molecule has 9 nitrogen and oxygen atoms in total. The number of esters is 1. The van der Waals surface area contributed by atoms with Crippen LogP contribution < -0.4 is 17.2 Å². The van der Waals surface area contributed by atoms with Gasteiger partial charge in [-0.1, -0.05) is 31.4 Å². The molecule has 0 spiro atoms. The van der Waals surface area contributed by atoms with E-state index in [1.54, 1.807) is 19.1 Å². The SMILES string of the molecule is C=CC(C=C)=C(/C=C\C)OC(=O)/C=C(\C)OC(=O)OCCCN=C(N)N.CN. The van der Waals surface area contributed by atoms with Crippen LogP contribution in [0.2, 0.25) is 0 Å². The van der Waals surface area contributed by atoms with E-state index in [4.69, 9.17) is 25.7 Å². The topological polar surface area (TPSA) is 152 Å². The van der Waals surface area contributed by atoms with Crippen molar-refractivity contribution in [3.8, 4) is 0 Å². The average Bonchev–Trinajstić information content (AvgIpc) is 2.63. The molecule has 0 rings (SSSR count). The van der Waals surface area contributed by atoms with Crippen molar-refractivity contribution in [2.24, 2.45) is 22.2 Å². The first-order valence-electron chi connectivity index (χ1n) is 8.33. The Morgan fingerprint density at radius 3 is 2.21 bits per heavy atom. The Morgan fingerprint density at radius 2 is 1.71 bits per heavy atom. The molecule has 0 aromatic rings. The smallest absolute Gasteiger partial charge is 0.434 e. The number of allylic oxidation sites excluding steroid dienone is 6. The van der Waals surface area contributed by atoms with Crippen LogP contribution in [0.1, 0.15) is 20.3 Å². The highest BCUT2D eigenvalue weighted by atomic mass is 16.7. The van der Waals surface area contributed by atoms with E-state index in [0.29, 0.717) is 18.5 Å². The fourth-order valence-corrected chi connectivity index (χ4v) is 1.55. The molecule has 0 atom stereocenters. The summed E-state index contributed by atoms with van der Waals surface area (Å²) in [5, 5.41) is 0. The summed E-state index contributed by atoms with van der Waals surface area (Å²) >= 11 is 0. The number of carbonyl (C=O) groups excluding carboxylic acids is 2. The second-order valence-electron chi connectivity index (χ2n) is 4.76. The summed E-state index contributed by atoms with van der Waals surface area (Å²) in [6, 6.07) is 0. The zero-order chi connectivity index (χ0) is 21.9. The van der Waals surface area contributed by atoms with Gasteiger partial charge < -0.3 is 31.4 Å². The van der Waals surface area contributed by atoms with Crippen LogP contribution in [0.4, 0.5) is 4.79 Å². The molecule has 0 unspecified atom stereocenters. The van der Waals surface area contributed by atoms with E-state index in [1.807, 2.05) is 0 Å². The molecular weight excluding hydrogens is 364 g/mol. The number of nitrogens with zero attached hydrogens (tertiary/aromatic N) is 1. The number of nitrogens with two attached hydrogens (primary N) is 3. The number of carbonyl (C=O) groups is 2. The van der Waals surface area contributed by atoms with Gasteiger partial charge in [-0.05, 0) is 27.0 Å². The van der Waals surface area contributed by atoms with E-state index in [9.17, 15) is 9.59 Å². The van der Waals surface area contributed by atoms with Gasteiger partial charge in [-0.3, -0.25) is 4.99 Å². The van der Waals surface area contributed by atoms with Crippen molar-refractivity contribution in [2.45, 2.75) is 20.3 Å². The van der Waals surface area contributed by atoms with Crippen LogP contribution in [0.15, 0.2) is 65.6 Å². The molecule has 0 aliphatic rings. The first-order chi connectivity index (χ1) is 13.3. The predicted molar refractivity (Wildman–Crippen MR) is 110 cm³/mol. The summed E-state index contributed by atoms with van der Waals surface area (Å²) in [4.78, 5) is 27.1. The monoisotopic (exact) mass is 394 g/mol. The maximum Gasteiger partial charge on any atom is 0.513 e. The van der Waals surface area contributed by atoms with Crippen LogP contribution in [0.3, 0.4) is 0 Å². The van der Waals surface area contributed by atoms with E-state index in [0.717, 1.165) is 6.08 Å². The van der Waals surface area contributed by atoms with Gasteiger partial charge in [0, 0.05) is 18.5 Å². The number of ether oxygens (including phenoxy) is 3. The Morgan fingerprint density at radius 1 is 1.11 bits per heavy atom. The van der Waals surface area contributed by atoms with Crippen molar-refractivity contribution in [3.63, 3.8) is 0 Å². The van der Waals surface area contributed by atoms with Gasteiger partial charge in [0.25, 0.3) is 0 Å². The van der Waals surface area contributed by atoms with E-state index >= 15 is 0 Å². The first kappa shape index (κ1) is 26.9. The van der Waals surface area contributed by atoms with E-state index in [1.165, 1.54) is 26.1 Å². The van der Waals surface area contributed by atoms with Crippen LogP contribution in [-0.4, -0.2) is 38.3 Å². The number of aliphatic imine (C=N–C) groups is 1. The minimum absolute atomic E-state index is 0.0165. The van der Waals surface area contributed by atoms with Crippen LogP contribution in [-0.2, 0) is 19.0 Å². The lowest BCUT2D eigenvalue weighted by Gasteiger charge is -2.07. The molecule has 0 aliphatic heterocycles. The largest absolute Gasteiger partial charge is 0.513 e. The molecule has 0 aromatic carbocycles. The Bertz CT molecular complexity index is 635. The molecule has 9 heteroatoms. The fraction of sp³-hybridized carbons (Fsp3) is 0.316. The average molecular weight is 394 g/mol. The second-order valence-corrected chi connectivity index (χ2v) is 4.76. The maximum absolute atomic E-state index is 11.9. The van der Waals surface area contributed by atoms with Crippen molar-refractivity contribution >= 4 is 18.1 Å². The summed E-state index contributed by atoms with van der Waals surface area (Å²) in [6.45, 7) is 10.8. The molecule has 156 valence electrons. The van der Waals surface area contributed by atoms with Crippen molar-refractivity contribution in [2.75, 3.05) is 20.2 Å². The van der Waals surface area contributed by atoms with Gasteiger partial charge in [0.15, 0.2) is 5.96 Å². The lowest BCUT2D eigenvalue weighted by atomic mass is 10.2. The normalized spacial score (nSPS) is 10.1. The third-order valence-electron chi connectivity index (χ3n) is 2.64. The van der Waals surface area contributed by atoms with Gasteiger partial charge in [0.05, 0.1) is 12.7 Å². The van der Waals surface area contributed by atoms with Gasteiger partial charge in [-0.25, -0.2) is 9.59 Å². The molecule has 28 heavy (non-hydrogen) atoms. The van der Waals surface area contributed by atoms with E-state index in [2.05, 4.69) is 23.9 Å². The van der Waals surface area contributed by atoms with Gasteiger partial charge in [0.2, 0.25) is 0 Å². The highest BCUT2D eigenvalue weighted by Gasteiger charge is 2.09. The molecule has 0 saturated carbocycles. The van der Waals surface area contributed by atoms with Gasteiger partial charge in [0.1, 0.15) is 11.5 Å². The highest BCUT2D eigenvalue weighted by Crippen LogP contribution is 2.12. The number of rotatable bonds is 10. The Labute approximate surface area is 165 Å². The highest BCUT2D eigenvalue weighted by molar-refractivity contribution is 5.84. The maximum atomic E-state index is 11.9.